The third-order valence-corrected chi connectivity index (χ3v) is 3.44. The van der Waals surface area contributed by atoms with Gasteiger partial charge in [-0.25, -0.2) is 4.79 Å². The van der Waals surface area contributed by atoms with E-state index >= 15 is 0 Å². The maximum absolute atomic E-state index is 12.4. The van der Waals surface area contributed by atoms with E-state index in [1.54, 1.807) is 0 Å². The first-order valence-electron chi connectivity index (χ1n) is 6.41. The van der Waals surface area contributed by atoms with Gasteiger partial charge in [0.25, 0.3) is 5.91 Å². The fourth-order valence-electron chi connectivity index (χ4n) is 2.39. The Hall–Kier alpha value is -2.28. The van der Waals surface area contributed by atoms with Crippen LogP contribution in [-0.2, 0) is 9.53 Å². The Labute approximate surface area is 121 Å². The Kier molecular flexibility index (Phi) is 4.32. The van der Waals surface area contributed by atoms with Crippen LogP contribution in [0, 0.1) is 0 Å². The molecule has 0 aliphatic carbocycles. The van der Waals surface area contributed by atoms with Crippen LogP contribution in [0.5, 0.6) is 11.5 Å². The third-order valence-electron chi connectivity index (χ3n) is 3.44. The van der Waals surface area contributed by atoms with Crippen molar-refractivity contribution in [1.29, 1.82) is 0 Å². The average molecular weight is 295 g/mol. The molecule has 21 heavy (non-hydrogen) atoms. The molecule has 2 atom stereocenters. The summed E-state index contributed by atoms with van der Waals surface area (Å²) in [6.07, 6.45) is -0.634. The van der Waals surface area contributed by atoms with Gasteiger partial charge in [-0.15, -0.1) is 0 Å². The number of aliphatic hydroxyl groups is 1. The highest BCUT2D eigenvalue weighted by atomic mass is 16.5. The molecule has 1 fully saturated rings. The van der Waals surface area contributed by atoms with Gasteiger partial charge in [-0.3, -0.25) is 4.79 Å². The van der Waals surface area contributed by atoms with Gasteiger partial charge >= 0.3 is 5.97 Å². The number of aliphatic hydroxyl groups excluding tert-OH is 1. The molecule has 2 unspecified atom stereocenters. The summed E-state index contributed by atoms with van der Waals surface area (Å²) < 4.78 is 9.56. The number of phenolic OH excluding ortho intramolecular Hbond substituents is 1. The first-order chi connectivity index (χ1) is 9.97. The number of ether oxygens (including phenoxy) is 2. The quantitative estimate of drug-likeness (QED) is 0.771. The van der Waals surface area contributed by atoms with Crippen molar-refractivity contribution in [2.75, 3.05) is 20.8 Å². The van der Waals surface area contributed by atoms with Crippen molar-refractivity contribution in [3.63, 3.8) is 0 Å². The molecule has 7 nitrogen and oxygen atoms in total. The largest absolute Gasteiger partial charge is 0.504 e. The minimum absolute atomic E-state index is 0.0470. The summed E-state index contributed by atoms with van der Waals surface area (Å²) in [5.74, 6) is -0.951. The summed E-state index contributed by atoms with van der Waals surface area (Å²) in [6, 6.07) is 3.39. The molecule has 0 bridgehead atoms. The maximum Gasteiger partial charge on any atom is 0.328 e. The van der Waals surface area contributed by atoms with Crippen molar-refractivity contribution in [2.24, 2.45) is 0 Å². The summed E-state index contributed by atoms with van der Waals surface area (Å²) in [4.78, 5) is 25.4. The molecule has 1 aromatic rings. The molecule has 1 saturated heterocycles. The van der Waals surface area contributed by atoms with Crippen LogP contribution < -0.4 is 4.74 Å². The van der Waals surface area contributed by atoms with Crippen molar-refractivity contribution in [1.82, 2.24) is 4.90 Å². The van der Waals surface area contributed by atoms with Crippen LogP contribution in [0.25, 0.3) is 0 Å². The van der Waals surface area contributed by atoms with Gasteiger partial charge in [0.15, 0.2) is 11.5 Å². The van der Waals surface area contributed by atoms with Crippen molar-refractivity contribution >= 4 is 11.9 Å². The van der Waals surface area contributed by atoms with Gasteiger partial charge in [0.05, 0.1) is 20.3 Å². The van der Waals surface area contributed by atoms with Gasteiger partial charge in [-0.05, 0) is 18.2 Å². The molecule has 1 aliphatic heterocycles. The molecule has 0 saturated carbocycles. The van der Waals surface area contributed by atoms with E-state index in [1.165, 1.54) is 37.3 Å². The van der Waals surface area contributed by atoms with E-state index < -0.39 is 24.0 Å². The molecule has 1 heterocycles. The average Bonchev–Trinajstić information content (AvgIpc) is 2.87. The van der Waals surface area contributed by atoms with Gasteiger partial charge in [0.2, 0.25) is 0 Å². The lowest BCUT2D eigenvalue weighted by molar-refractivity contribution is -0.145. The molecular weight excluding hydrogens is 278 g/mol. The summed E-state index contributed by atoms with van der Waals surface area (Å²) in [5.41, 5.74) is 0.205. The maximum atomic E-state index is 12.4. The molecule has 2 rings (SSSR count). The Balaban J connectivity index is 2.25. The van der Waals surface area contributed by atoms with Gasteiger partial charge in [0.1, 0.15) is 6.04 Å². The number of phenols is 1. The van der Waals surface area contributed by atoms with Crippen molar-refractivity contribution in [3.05, 3.63) is 23.8 Å². The number of aromatic hydroxyl groups is 1. The van der Waals surface area contributed by atoms with E-state index in [-0.39, 0.29) is 30.0 Å². The van der Waals surface area contributed by atoms with E-state index in [0.29, 0.717) is 0 Å². The second-order valence-electron chi connectivity index (χ2n) is 4.77. The SMILES string of the molecule is COC(=O)C1CC(O)CN1C(=O)c1ccc(OC)c(O)c1. The smallest absolute Gasteiger partial charge is 0.328 e. The fourth-order valence-corrected chi connectivity index (χ4v) is 2.39. The highest BCUT2D eigenvalue weighted by molar-refractivity contribution is 5.97. The Bertz CT molecular complexity index is 558. The van der Waals surface area contributed by atoms with E-state index in [9.17, 15) is 19.8 Å². The molecule has 0 radical (unpaired) electrons. The number of hydrogen-bond donors (Lipinski definition) is 2. The topological polar surface area (TPSA) is 96.3 Å². The number of carbonyl (C=O) groups excluding carboxylic acids is 2. The number of carbonyl (C=O) groups is 2. The Morgan fingerprint density at radius 2 is 2.05 bits per heavy atom. The molecule has 1 aromatic carbocycles. The second-order valence-corrected chi connectivity index (χ2v) is 4.77. The molecule has 7 heteroatoms. The minimum Gasteiger partial charge on any atom is -0.504 e. The zero-order valence-electron chi connectivity index (χ0n) is 11.8. The number of hydrogen-bond acceptors (Lipinski definition) is 6. The van der Waals surface area contributed by atoms with Gasteiger partial charge in [-0.2, -0.15) is 0 Å². The number of nitrogens with zero attached hydrogens (tertiary/aromatic N) is 1. The van der Waals surface area contributed by atoms with Crippen LogP contribution in [0.4, 0.5) is 0 Å². The third kappa shape index (κ3) is 2.92. The molecule has 114 valence electrons. The lowest BCUT2D eigenvalue weighted by Gasteiger charge is -2.22. The summed E-state index contributed by atoms with van der Waals surface area (Å²) in [7, 11) is 2.63. The van der Waals surface area contributed by atoms with E-state index in [0.717, 1.165) is 0 Å². The van der Waals surface area contributed by atoms with Crippen LogP contribution in [-0.4, -0.2) is 59.9 Å². The summed E-state index contributed by atoms with van der Waals surface area (Å²) >= 11 is 0. The highest BCUT2D eigenvalue weighted by Crippen LogP contribution is 2.28. The van der Waals surface area contributed by atoms with Crippen LogP contribution in [0.1, 0.15) is 16.8 Å². The highest BCUT2D eigenvalue weighted by Gasteiger charge is 2.40. The molecule has 1 amide bonds. The fraction of sp³-hybridized carbons (Fsp3) is 0.429. The van der Waals surface area contributed by atoms with Crippen LogP contribution in [0.3, 0.4) is 0 Å². The van der Waals surface area contributed by atoms with Crippen molar-refractivity contribution in [3.8, 4) is 11.5 Å². The number of benzene rings is 1. The van der Waals surface area contributed by atoms with Gasteiger partial charge < -0.3 is 24.6 Å². The molecular formula is C14H17NO6. The molecule has 1 aliphatic rings. The van der Waals surface area contributed by atoms with Crippen molar-refractivity contribution < 1.29 is 29.3 Å². The standard InChI is InChI=1S/C14H17NO6/c1-20-12-4-3-8(5-11(12)17)13(18)15-7-9(16)6-10(15)14(19)21-2/h3-5,9-10,16-17H,6-7H2,1-2H3. The van der Waals surface area contributed by atoms with Crippen molar-refractivity contribution in [2.45, 2.75) is 18.6 Å². The van der Waals surface area contributed by atoms with E-state index in [2.05, 4.69) is 4.74 Å². The zero-order valence-corrected chi connectivity index (χ0v) is 11.8. The molecule has 0 aromatic heterocycles. The second kappa shape index (κ2) is 6.01. The van der Waals surface area contributed by atoms with E-state index in [1.807, 2.05) is 0 Å². The number of likely N-dealkylation sites (tertiary alicyclic amines) is 1. The van der Waals surface area contributed by atoms with Crippen LogP contribution in [0.15, 0.2) is 18.2 Å². The number of amides is 1. The zero-order chi connectivity index (χ0) is 15.6. The number of rotatable bonds is 3. The van der Waals surface area contributed by atoms with Gasteiger partial charge in [-0.1, -0.05) is 0 Å². The number of esters is 1. The first-order valence-corrected chi connectivity index (χ1v) is 6.41. The first kappa shape index (κ1) is 15.1. The summed E-state index contributed by atoms with van der Waals surface area (Å²) in [6.45, 7) is 0.0470. The molecule has 0 spiro atoms. The lowest BCUT2D eigenvalue weighted by Crippen LogP contribution is -2.41. The van der Waals surface area contributed by atoms with Crippen LogP contribution >= 0.6 is 0 Å². The van der Waals surface area contributed by atoms with E-state index in [4.69, 9.17) is 4.74 Å². The van der Waals surface area contributed by atoms with Gasteiger partial charge in [0, 0.05) is 18.5 Å². The molecule has 2 N–H and O–H groups in total. The minimum atomic E-state index is -0.818. The monoisotopic (exact) mass is 295 g/mol. The summed E-state index contributed by atoms with van der Waals surface area (Å²) in [5, 5.41) is 19.4. The Morgan fingerprint density at radius 1 is 1.33 bits per heavy atom. The number of β-amino-alcohol motifs (C(OH)–C–C–N with tert-alkyl or cyclic N) is 1. The lowest BCUT2D eigenvalue weighted by atomic mass is 10.1. The predicted molar refractivity (Wildman–Crippen MR) is 72.1 cm³/mol. The number of methoxy groups -OCH3 is 2. The van der Waals surface area contributed by atoms with Crippen LogP contribution in [0.2, 0.25) is 0 Å². The Morgan fingerprint density at radius 3 is 2.62 bits per heavy atom. The predicted octanol–water partition coefficient (Wildman–Crippen LogP) is 0.149. The normalized spacial score (nSPS) is 21.2.